The monoisotopic (exact) mass is 389 g/mol. The van der Waals surface area contributed by atoms with Gasteiger partial charge in [-0.05, 0) is 37.9 Å². The first-order valence-electron chi connectivity index (χ1n) is 10.2. The fraction of sp³-hybridized carbons (Fsp3) is 0.364. The maximum atomic E-state index is 5.71. The molecule has 4 aromatic rings. The molecule has 0 amide bonds. The summed E-state index contributed by atoms with van der Waals surface area (Å²) in [6.07, 6.45) is 3.27. The van der Waals surface area contributed by atoms with E-state index in [0.717, 1.165) is 66.6 Å². The third-order valence-corrected chi connectivity index (χ3v) is 5.11. The van der Waals surface area contributed by atoms with E-state index in [-0.39, 0.29) is 0 Å². The molecule has 29 heavy (non-hydrogen) atoms. The molecule has 0 aliphatic heterocycles. The smallest absolute Gasteiger partial charge is 0.181 e. The summed E-state index contributed by atoms with van der Waals surface area (Å²) in [5.74, 6) is 2.54. The summed E-state index contributed by atoms with van der Waals surface area (Å²) in [7, 11) is 0. The topological polar surface area (TPSA) is 86.9 Å². The van der Waals surface area contributed by atoms with E-state index in [4.69, 9.17) is 25.9 Å². The van der Waals surface area contributed by atoms with E-state index in [1.54, 1.807) is 0 Å². The fourth-order valence-electron chi connectivity index (χ4n) is 3.47. The van der Waals surface area contributed by atoms with Crippen LogP contribution in [0.3, 0.4) is 0 Å². The van der Waals surface area contributed by atoms with E-state index in [0.29, 0.717) is 6.54 Å². The van der Waals surface area contributed by atoms with E-state index in [1.807, 2.05) is 39.5 Å². The Morgan fingerprint density at radius 1 is 0.966 bits per heavy atom. The third kappa shape index (κ3) is 4.05. The summed E-state index contributed by atoms with van der Waals surface area (Å²) < 4.78 is 3.93. The molecule has 2 N–H and O–H groups in total. The van der Waals surface area contributed by atoms with Crippen molar-refractivity contribution in [3.8, 4) is 11.4 Å². The van der Waals surface area contributed by atoms with Crippen LogP contribution in [-0.2, 0) is 25.8 Å². The summed E-state index contributed by atoms with van der Waals surface area (Å²) in [5, 5.41) is 9.44. The molecule has 7 heteroatoms. The Labute approximate surface area is 170 Å². The molecule has 0 fully saturated rings. The number of hydrogen-bond acceptors (Lipinski definition) is 5. The van der Waals surface area contributed by atoms with Gasteiger partial charge in [-0.3, -0.25) is 0 Å². The summed E-state index contributed by atoms with van der Waals surface area (Å²) >= 11 is 0. The van der Waals surface area contributed by atoms with Gasteiger partial charge in [-0.2, -0.15) is 10.2 Å². The second kappa shape index (κ2) is 8.53. The first-order chi connectivity index (χ1) is 14.2. The van der Waals surface area contributed by atoms with Crippen molar-refractivity contribution in [3.05, 3.63) is 65.4 Å². The molecule has 3 heterocycles. The number of aryl methyl sites for hydroxylation is 5. The predicted molar refractivity (Wildman–Crippen MR) is 114 cm³/mol. The Kier molecular flexibility index (Phi) is 5.67. The number of benzene rings is 1. The first-order valence-corrected chi connectivity index (χ1v) is 10.2. The highest BCUT2D eigenvalue weighted by Crippen LogP contribution is 2.17. The molecule has 0 aliphatic rings. The van der Waals surface area contributed by atoms with E-state index in [1.165, 1.54) is 5.56 Å². The molecule has 1 aromatic carbocycles. The highest BCUT2D eigenvalue weighted by Gasteiger charge is 2.14. The van der Waals surface area contributed by atoms with Gasteiger partial charge in [0.15, 0.2) is 17.3 Å². The lowest BCUT2D eigenvalue weighted by molar-refractivity contribution is 0.552. The van der Waals surface area contributed by atoms with Gasteiger partial charge >= 0.3 is 0 Å². The quantitative estimate of drug-likeness (QED) is 0.501. The summed E-state index contributed by atoms with van der Waals surface area (Å²) in [6.45, 7) is 5.60. The van der Waals surface area contributed by atoms with Crippen molar-refractivity contribution in [2.45, 2.75) is 46.1 Å². The standard InChI is InChI=1S/C22H27N7/c1-3-17-11-10-16(2)29-22(17)24-19(26-29)12-13-20-25-21(18-8-5-4-6-9-18)27-28(20)15-7-14-23/h4-6,8-11H,3,7,12-15,23H2,1-2H3. The number of hydrogen-bond donors (Lipinski definition) is 1. The van der Waals surface area contributed by atoms with Gasteiger partial charge < -0.3 is 5.73 Å². The number of nitrogens with zero attached hydrogens (tertiary/aromatic N) is 6. The van der Waals surface area contributed by atoms with Crippen molar-refractivity contribution < 1.29 is 0 Å². The van der Waals surface area contributed by atoms with Crippen LogP contribution < -0.4 is 5.73 Å². The van der Waals surface area contributed by atoms with Crippen LogP contribution in [0.25, 0.3) is 17.0 Å². The zero-order valence-electron chi connectivity index (χ0n) is 17.0. The summed E-state index contributed by atoms with van der Waals surface area (Å²) in [4.78, 5) is 9.59. The van der Waals surface area contributed by atoms with Crippen LogP contribution in [0.1, 0.15) is 36.3 Å². The fourth-order valence-corrected chi connectivity index (χ4v) is 3.47. The van der Waals surface area contributed by atoms with Crippen LogP contribution in [-0.4, -0.2) is 35.9 Å². The van der Waals surface area contributed by atoms with Gasteiger partial charge in [-0.1, -0.05) is 43.3 Å². The van der Waals surface area contributed by atoms with Crippen LogP contribution in [0.4, 0.5) is 0 Å². The molecular weight excluding hydrogens is 362 g/mol. The van der Waals surface area contributed by atoms with Gasteiger partial charge in [0, 0.05) is 30.6 Å². The molecule has 150 valence electrons. The zero-order chi connectivity index (χ0) is 20.2. The number of aromatic nitrogens is 6. The van der Waals surface area contributed by atoms with Gasteiger partial charge in [-0.25, -0.2) is 19.2 Å². The normalized spacial score (nSPS) is 11.4. The van der Waals surface area contributed by atoms with E-state index >= 15 is 0 Å². The van der Waals surface area contributed by atoms with Gasteiger partial charge in [0.25, 0.3) is 0 Å². The molecule has 0 saturated carbocycles. The van der Waals surface area contributed by atoms with Crippen LogP contribution in [0.15, 0.2) is 42.5 Å². The lowest BCUT2D eigenvalue weighted by Gasteiger charge is -2.03. The first kappa shape index (κ1) is 19.3. The maximum Gasteiger partial charge on any atom is 0.181 e. The van der Waals surface area contributed by atoms with Crippen molar-refractivity contribution in [2.75, 3.05) is 6.54 Å². The Bertz CT molecular complexity index is 1100. The van der Waals surface area contributed by atoms with Gasteiger partial charge in [0.2, 0.25) is 0 Å². The second-order valence-electron chi connectivity index (χ2n) is 7.20. The minimum atomic E-state index is 0.632. The molecule has 0 atom stereocenters. The van der Waals surface area contributed by atoms with Crippen molar-refractivity contribution >= 4 is 5.65 Å². The van der Waals surface area contributed by atoms with Crippen molar-refractivity contribution in [2.24, 2.45) is 5.73 Å². The third-order valence-electron chi connectivity index (χ3n) is 5.11. The average Bonchev–Trinajstić information content (AvgIpc) is 3.36. The Morgan fingerprint density at radius 2 is 1.79 bits per heavy atom. The van der Waals surface area contributed by atoms with E-state index in [9.17, 15) is 0 Å². The lowest BCUT2D eigenvalue weighted by Crippen LogP contribution is -2.11. The predicted octanol–water partition coefficient (Wildman–Crippen LogP) is 2.99. The zero-order valence-corrected chi connectivity index (χ0v) is 17.0. The minimum Gasteiger partial charge on any atom is -0.330 e. The molecule has 0 aliphatic carbocycles. The number of nitrogens with two attached hydrogens (primary N) is 1. The van der Waals surface area contributed by atoms with Crippen LogP contribution in [0.5, 0.6) is 0 Å². The van der Waals surface area contributed by atoms with Crippen LogP contribution in [0.2, 0.25) is 0 Å². The number of pyridine rings is 1. The average molecular weight is 390 g/mol. The Balaban J connectivity index is 1.59. The molecule has 4 rings (SSSR count). The molecule has 7 nitrogen and oxygen atoms in total. The van der Waals surface area contributed by atoms with Crippen molar-refractivity contribution in [1.82, 2.24) is 29.4 Å². The molecule has 0 saturated heterocycles. The van der Waals surface area contributed by atoms with Gasteiger partial charge in [0.05, 0.1) is 0 Å². The summed E-state index contributed by atoms with van der Waals surface area (Å²) in [6, 6.07) is 14.3. The molecular formula is C22H27N7. The van der Waals surface area contributed by atoms with E-state index in [2.05, 4.69) is 26.0 Å². The molecule has 0 unspecified atom stereocenters. The highest BCUT2D eigenvalue weighted by molar-refractivity contribution is 5.54. The minimum absolute atomic E-state index is 0.632. The highest BCUT2D eigenvalue weighted by atomic mass is 15.3. The second-order valence-corrected chi connectivity index (χ2v) is 7.20. The largest absolute Gasteiger partial charge is 0.330 e. The lowest BCUT2D eigenvalue weighted by atomic mass is 10.2. The summed E-state index contributed by atoms with van der Waals surface area (Å²) in [5.41, 5.74) is 9.99. The maximum absolute atomic E-state index is 5.71. The molecule has 0 bridgehead atoms. The Morgan fingerprint density at radius 3 is 2.55 bits per heavy atom. The van der Waals surface area contributed by atoms with Crippen molar-refractivity contribution in [1.29, 1.82) is 0 Å². The van der Waals surface area contributed by atoms with Crippen LogP contribution >= 0.6 is 0 Å². The van der Waals surface area contributed by atoms with Gasteiger partial charge in [-0.15, -0.1) is 0 Å². The Hall–Kier alpha value is -3.06. The number of fused-ring (bicyclic) bond motifs is 1. The number of rotatable bonds is 8. The molecule has 0 spiro atoms. The van der Waals surface area contributed by atoms with Crippen LogP contribution in [0, 0.1) is 6.92 Å². The van der Waals surface area contributed by atoms with Crippen molar-refractivity contribution in [3.63, 3.8) is 0 Å². The molecule has 3 aromatic heterocycles. The molecule has 0 radical (unpaired) electrons. The van der Waals surface area contributed by atoms with E-state index < -0.39 is 0 Å². The SMILES string of the molecule is CCc1ccc(C)n2nc(CCc3nc(-c4ccccc4)nn3CCCN)nc12. The van der Waals surface area contributed by atoms with Gasteiger partial charge in [0.1, 0.15) is 5.82 Å².